The van der Waals surface area contributed by atoms with Crippen LogP contribution in [0, 0.1) is 0 Å². The maximum atomic E-state index is 13.0. The number of carbonyl (C=O) groups is 1. The van der Waals surface area contributed by atoms with Gasteiger partial charge >= 0.3 is 6.18 Å². The van der Waals surface area contributed by atoms with Gasteiger partial charge < -0.3 is 4.90 Å². The van der Waals surface area contributed by atoms with Crippen molar-refractivity contribution in [2.45, 2.75) is 13.1 Å². The number of allylic oxidation sites excluding steroid dienone is 1. The van der Waals surface area contributed by atoms with Crippen molar-refractivity contribution < 1.29 is 18.0 Å². The summed E-state index contributed by atoms with van der Waals surface area (Å²) in [4.78, 5) is 13.5. The van der Waals surface area contributed by atoms with Gasteiger partial charge in [-0.1, -0.05) is 46.3 Å². The van der Waals surface area contributed by atoms with Crippen molar-refractivity contribution in [2.24, 2.45) is 0 Å². The summed E-state index contributed by atoms with van der Waals surface area (Å²) in [6.07, 6.45) is -3.67. The number of hydrogen-bond donors (Lipinski definition) is 0. The number of rotatable bonds is 5. The number of alkyl halides is 3. The second-order valence-corrected chi connectivity index (χ2v) is 5.91. The number of nitrogens with zero attached hydrogens (tertiary/aromatic N) is 1. The Hall–Kier alpha value is -2.08. The Balaban J connectivity index is 2.50. The molecule has 2 rings (SSSR count). The van der Waals surface area contributed by atoms with Gasteiger partial charge in [-0.25, -0.2) is 0 Å². The van der Waals surface area contributed by atoms with Crippen LogP contribution >= 0.6 is 15.9 Å². The molecule has 0 heterocycles. The van der Waals surface area contributed by atoms with Crippen LogP contribution < -0.4 is 4.90 Å². The van der Waals surface area contributed by atoms with Crippen LogP contribution in [0.2, 0.25) is 0 Å². The van der Waals surface area contributed by atoms with Crippen LogP contribution in [0.3, 0.4) is 0 Å². The van der Waals surface area contributed by atoms with Crippen molar-refractivity contribution in [1.29, 1.82) is 0 Å². The molecule has 0 bridgehead atoms. The maximum absolute atomic E-state index is 13.0. The zero-order chi connectivity index (χ0) is 17.7. The minimum Gasteiger partial charge on any atom is -0.348 e. The van der Waals surface area contributed by atoms with Gasteiger partial charge in [-0.2, -0.15) is 13.2 Å². The summed E-state index contributed by atoms with van der Waals surface area (Å²) < 4.78 is 39.8. The Morgan fingerprint density at radius 3 is 2.17 bits per heavy atom. The number of halogens is 4. The molecule has 0 aliphatic carbocycles. The van der Waals surface area contributed by atoms with Gasteiger partial charge in [0.05, 0.1) is 5.57 Å². The van der Waals surface area contributed by atoms with E-state index in [1.807, 2.05) is 0 Å². The fraction of sp³-hybridized carbons (Fsp3) is 0.167. The Morgan fingerprint density at radius 2 is 1.67 bits per heavy atom. The average molecular weight is 398 g/mol. The Bertz CT molecular complexity index is 724. The molecule has 0 atom stereocenters. The van der Waals surface area contributed by atoms with Gasteiger partial charge in [0.25, 0.3) is 5.78 Å². The van der Waals surface area contributed by atoms with Crippen molar-refractivity contribution >= 4 is 33.0 Å². The highest BCUT2D eigenvalue weighted by molar-refractivity contribution is 9.10. The summed E-state index contributed by atoms with van der Waals surface area (Å²) >= 11 is 3.32. The summed E-state index contributed by atoms with van der Waals surface area (Å²) in [7, 11) is 0. The topological polar surface area (TPSA) is 20.3 Å². The maximum Gasteiger partial charge on any atom is 0.454 e. The molecule has 0 unspecified atom stereocenters. The van der Waals surface area contributed by atoms with Crippen LogP contribution in [-0.4, -0.2) is 18.5 Å². The molecule has 2 aromatic rings. The van der Waals surface area contributed by atoms with Gasteiger partial charge in [-0.15, -0.1) is 0 Å². The molecule has 126 valence electrons. The number of ketones is 1. The SMILES string of the molecule is CCN(/C=C(\C(=O)C(F)(F)F)c1ccccc1)c1ccc(Br)cc1. The largest absolute Gasteiger partial charge is 0.454 e. The molecule has 0 saturated carbocycles. The summed E-state index contributed by atoms with van der Waals surface area (Å²) in [6.45, 7) is 2.22. The standard InChI is InChI=1S/C18H15BrF3NO/c1-2-23(15-10-8-14(19)9-11-15)12-16(17(24)18(20,21)22)13-6-4-3-5-7-13/h3-12H,2H2,1H3/b16-12-. The summed E-state index contributed by atoms with van der Waals surface area (Å²) in [5, 5.41) is 0. The van der Waals surface area contributed by atoms with Crippen molar-refractivity contribution in [3.05, 3.63) is 70.8 Å². The van der Waals surface area contributed by atoms with E-state index in [9.17, 15) is 18.0 Å². The van der Waals surface area contributed by atoms with Crippen molar-refractivity contribution in [1.82, 2.24) is 0 Å². The van der Waals surface area contributed by atoms with Gasteiger partial charge in [-0.05, 0) is 36.8 Å². The second kappa shape index (κ2) is 7.66. The summed E-state index contributed by atoms with van der Waals surface area (Å²) in [5.41, 5.74) is 0.548. The molecular weight excluding hydrogens is 383 g/mol. The van der Waals surface area contributed by atoms with E-state index in [1.165, 1.54) is 18.3 Å². The lowest BCUT2D eigenvalue weighted by Gasteiger charge is -2.21. The van der Waals surface area contributed by atoms with Gasteiger partial charge in [-0.3, -0.25) is 4.79 Å². The molecule has 0 saturated heterocycles. The molecule has 6 heteroatoms. The van der Waals surface area contributed by atoms with Gasteiger partial charge in [0.1, 0.15) is 0 Å². The molecule has 2 nitrogen and oxygen atoms in total. The zero-order valence-electron chi connectivity index (χ0n) is 12.8. The Labute approximate surface area is 146 Å². The molecule has 0 N–H and O–H groups in total. The van der Waals surface area contributed by atoms with Gasteiger partial charge in [0.15, 0.2) is 0 Å². The lowest BCUT2D eigenvalue weighted by atomic mass is 10.0. The summed E-state index contributed by atoms with van der Waals surface area (Å²) in [5.74, 6) is -1.86. The predicted molar refractivity (Wildman–Crippen MR) is 92.6 cm³/mol. The van der Waals surface area contributed by atoms with Crippen molar-refractivity contribution in [3.63, 3.8) is 0 Å². The van der Waals surface area contributed by atoms with Crippen LogP contribution in [0.4, 0.5) is 18.9 Å². The number of carbonyl (C=O) groups excluding carboxylic acids is 1. The minimum atomic E-state index is -4.93. The monoisotopic (exact) mass is 397 g/mol. The molecule has 0 radical (unpaired) electrons. The first kappa shape index (κ1) is 18.3. The Kier molecular flexibility index (Phi) is 5.83. The minimum absolute atomic E-state index is 0.232. The molecule has 2 aromatic carbocycles. The molecule has 24 heavy (non-hydrogen) atoms. The van der Waals surface area contributed by atoms with Crippen LogP contribution in [0.5, 0.6) is 0 Å². The van der Waals surface area contributed by atoms with E-state index in [-0.39, 0.29) is 11.1 Å². The highest BCUT2D eigenvalue weighted by atomic mass is 79.9. The van der Waals surface area contributed by atoms with Crippen molar-refractivity contribution in [2.75, 3.05) is 11.4 Å². The third-order valence-corrected chi connectivity index (χ3v) is 3.90. The Morgan fingerprint density at radius 1 is 1.08 bits per heavy atom. The van der Waals surface area contributed by atoms with E-state index in [1.54, 1.807) is 54.3 Å². The molecule has 0 amide bonds. The highest BCUT2D eigenvalue weighted by Crippen LogP contribution is 2.28. The molecule has 0 aliphatic rings. The van der Waals surface area contributed by atoms with E-state index in [0.29, 0.717) is 12.2 Å². The van der Waals surface area contributed by atoms with Crippen LogP contribution in [0.15, 0.2) is 65.3 Å². The molecule has 0 aliphatic heterocycles. The number of hydrogen-bond acceptors (Lipinski definition) is 2. The van der Waals surface area contributed by atoms with Crippen LogP contribution in [-0.2, 0) is 4.79 Å². The number of Topliss-reactive ketones (excluding diaryl/α,β-unsaturated/α-hetero) is 1. The van der Waals surface area contributed by atoms with Crippen LogP contribution in [0.25, 0.3) is 5.57 Å². The smallest absolute Gasteiger partial charge is 0.348 e. The predicted octanol–water partition coefficient (Wildman–Crippen LogP) is 5.45. The third-order valence-electron chi connectivity index (χ3n) is 3.37. The van der Waals surface area contributed by atoms with Gasteiger partial charge in [0.2, 0.25) is 0 Å². The lowest BCUT2D eigenvalue weighted by Crippen LogP contribution is -2.26. The van der Waals surface area contributed by atoms with E-state index in [4.69, 9.17) is 0 Å². The third kappa shape index (κ3) is 4.47. The average Bonchev–Trinajstić information content (AvgIpc) is 2.56. The quantitative estimate of drug-likeness (QED) is 0.625. The molecule has 0 fully saturated rings. The first-order chi connectivity index (χ1) is 11.3. The van der Waals surface area contributed by atoms with E-state index in [2.05, 4.69) is 15.9 Å². The zero-order valence-corrected chi connectivity index (χ0v) is 14.4. The van der Waals surface area contributed by atoms with E-state index in [0.717, 1.165) is 4.47 Å². The lowest BCUT2D eigenvalue weighted by molar-refractivity contribution is -0.164. The van der Waals surface area contributed by atoms with Crippen LogP contribution in [0.1, 0.15) is 12.5 Å². The molecule has 0 spiro atoms. The molecule has 0 aromatic heterocycles. The second-order valence-electron chi connectivity index (χ2n) is 5.00. The molecular formula is C18H15BrF3NO. The number of anilines is 1. The van der Waals surface area contributed by atoms with Gasteiger partial charge in [0, 0.05) is 22.9 Å². The van der Waals surface area contributed by atoms with Crippen molar-refractivity contribution in [3.8, 4) is 0 Å². The normalized spacial score (nSPS) is 12.1. The highest BCUT2D eigenvalue weighted by Gasteiger charge is 2.41. The fourth-order valence-electron chi connectivity index (χ4n) is 2.17. The summed E-state index contributed by atoms with van der Waals surface area (Å²) in [6, 6.07) is 15.0. The van der Waals surface area contributed by atoms with E-state index >= 15 is 0 Å². The number of benzene rings is 2. The van der Waals surface area contributed by atoms with E-state index < -0.39 is 12.0 Å². The first-order valence-corrected chi connectivity index (χ1v) is 8.03. The fourth-order valence-corrected chi connectivity index (χ4v) is 2.44. The first-order valence-electron chi connectivity index (χ1n) is 7.24.